The highest BCUT2D eigenvalue weighted by molar-refractivity contribution is 5.83. The van der Waals surface area contributed by atoms with E-state index in [0.29, 0.717) is 6.61 Å². The highest BCUT2D eigenvalue weighted by Gasteiger charge is 2.54. The summed E-state index contributed by atoms with van der Waals surface area (Å²) in [5.41, 5.74) is 2.06. The van der Waals surface area contributed by atoms with Crippen molar-refractivity contribution in [3.63, 3.8) is 0 Å². The zero-order valence-electron chi connectivity index (χ0n) is 12.9. The van der Waals surface area contributed by atoms with Crippen LogP contribution in [0.4, 0.5) is 0 Å². The molecule has 3 heteroatoms. The van der Waals surface area contributed by atoms with Crippen molar-refractivity contribution in [2.75, 3.05) is 6.61 Å². The number of ether oxygens (including phenoxy) is 2. The summed E-state index contributed by atoms with van der Waals surface area (Å²) in [6.45, 7) is 8.80. The smallest absolute Gasteiger partial charge is 0.316 e. The van der Waals surface area contributed by atoms with Gasteiger partial charge in [-0.05, 0) is 43.9 Å². The first kappa shape index (κ1) is 14.9. The van der Waals surface area contributed by atoms with Crippen LogP contribution in [0.15, 0.2) is 18.2 Å². The van der Waals surface area contributed by atoms with E-state index in [4.69, 9.17) is 9.47 Å². The molecule has 1 fully saturated rings. The van der Waals surface area contributed by atoms with Crippen molar-refractivity contribution in [2.24, 2.45) is 5.41 Å². The molecule has 110 valence electrons. The maximum atomic E-state index is 11.7. The summed E-state index contributed by atoms with van der Waals surface area (Å²) in [5.74, 6) is 0.883. The van der Waals surface area contributed by atoms with Gasteiger partial charge in [0.15, 0.2) is 0 Å². The fraction of sp³-hybridized carbons (Fsp3) is 0.588. The Bertz CT molecular complexity index is 489. The quantitative estimate of drug-likeness (QED) is 0.741. The minimum atomic E-state index is -0.273. The van der Waals surface area contributed by atoms with Crippen LogP contribution in [0.25, 0.3) is 0 Å². The molecule has 0 radical (unpaired) electrons. The lowest BCUT2D eigenvalue weighted by Crippen LogP contribution is -2.56. The van der Waals surface area contributed by atoms with E-state index >= 15 is 0 Å². The summed E-state index contributed by atoms with van der Waals surface area (Å²) in [5, 5.41) is 0. The molecule has 0 aliphatic carbocycles. The summed E-state index contributed by atoms with van der Waals surface area (Å²) < 4.78 is 11.2. The van der Waals surface area contributed by atoms with E-state index in [-0.39, 0.29) is 17.5 Å². The van der Waals surface area contributed by atoms with Crippen LogP contribution in [-0.2, 0) is 9.53 Å². The van der Waals surface area contributed by atoms with Gasteiger partial charge in [0.1, 0.15) is 17.3 Å². The molecule has 0 saturated carbocycles. The van der Waals surface area contributed by atoms with Crippen LogP contribution < -0.4 is 4.74 Å². The summed E-state index contributed by atoms with van der Waals surface area (Å²) in [6.07, 6.45) is 2.46. The largest absolute Gasteiger partial charge is 0.493 e. The number of esters is 1. The molecular formula is C17H24O3. The lowest BCUT2D eigenvalue weighted by molar-refractivity contribution is -0.210. The third kappa shape index (κ3) is 2.54. The maximum Gasteiger partial charge on any atom is 0.316 e. The van der Waals surface area contributed by atoms with Crippen molar-refractivity contribution in [3.05, 3.63) is 29.3 Å². The number of rotatable bonds is 6. The average molecular weight is 276 g/mol. The zero-order chi connectivity index (χ0) is 14.8. The Morgan fingerprint density at radius 3 is 2.55 bits per heavy atom. The number of hydrogen-bond donors (Lipinski definition) is 0. The van der Waals surface area contributed by atoms with Crippen molar-refractivity contribution < 1.29 is 14.3 Å². The normalized spacial score (nSPS) is 20.2. The first-order valence-electron chi connectivity index (χ1n) is 7.44. The van der Waals surface area contributed by atoms with Crippen molar-refractivity contribution in [1.82, 2.24) is 0 Å². The van der Waals surface area contributed by atoms with Gasteiger partial charge in [-0.1, -0.05) is 26.0 Å². The third-order valence-corrected chi connectivity index (χ3v) is 4.52. The molecule has 0 bridgehead atoms. The minimum Gasteiger partial charge on any atom is -0.493 e. The highest BCUT2D eigenvalue weighted by Crippen LogP contribution is 2.44. The standard InChI is InChI=1S/C17H24O3/c1-5-17(6-2)15(20-16(17)18)9-10-19-14-11-12(3)7-8-13(14)4/h7-8,11,15H,5-6,9-10H2,1-4H3. The second-order valence-electron chi connectivity index (χ2n) is 5.66. The Morgan fingerprint density at radius 2 is 1.95 bits per heavy atom. The van der Waals surface area contributed by atoms with Crippen molar-refractivity contribution in [1.29, 1.82) is 0 Å². The Balaban J connectivity index is 1.91. The van der Waals surface area contributed by atoms with E-state index in [1.807, 2.05) is 6.92 Å². The Kier molecular flexibility index (Phi) is 4.36. The van der Waals surface area contributed by atoms with E-state index in [9.17, 15) is 4.79 Å². The second kappa shape index (κ2) is 5.86. The molecule has 1 heterocycles. The van der Waals surface area contributed by atoms with Crippen LogP contribution in [0.1, 0.15) is 44.2 Å². The van der Waals surface area contributed by atoms with Gasteiger partial charge in [-0.2, -0.15) is 0 Å². The SMILES string of the molecule is CCC1(CC)C(=O)OC1CCOc1cc(C)ccc1C. The average Bonchev–Trinajstić information content (AvgIpc) is 2.43. The Morgan fingerprint density at radius 1 is 1.25 bits per heavy atom. The molecule has 3 nitrogen and oxygen atoms in total. The molecule has 1 aliphatic heterocycles. The molecule has 1 atom stereocenters. The molecule has 1 aromatic carbocycles. The summed E-state index contributed by atoms with van der Waals surface area (Å²) in [6, 6.07) is 6.19. The number of cyclic esters (lactones) is 1. The molecule has 0 aromatic heterocycles. The van der Waals surface area contributed by atoms with E-state index < -0.39 is 0 Å². The molecule has 1 aliphatic rings. The predicted molar refractivity (Wildman–Crippen MR) is 78.9 cm³/mol. The lowest BCUT2D eigenvalue weighted by Gasteiger charge is -2.46. The Hall–Kier alpha value is -1.51. The van der Waals surface area contributed by atoms with Crippen LogP contribution in [-0.4, -0.2) is 18.7 Å². The van der Waals surface area contributed by atoms with Crippen molar-refractivity contribution in [3.8, 4) is 5.75 Å². The molecule has 20 heavy (non-hydrogen) atoms. The second-order valence-corrected chi connectivity index (χ2v) is 5.66. The van der Waals surface area contributed by atoms with Gasteiger partial charge < -0.3 is 9.47 Å². The van der Waals surface area contributed by atoms with Gasteiger partial charge in [-0.25, -0.2) is 0 Å². The predicted octanol–water partition coefficient (Wildman–Crippen LogP) is 3.80. The van der Waals surface area contributed by atoms with Crippen LogP contribution in [0.3, 0.4) is 0 Å². The molecule has 1 unspecified atom stereocenters. The highest BCUT2D eigenvalue weighted by atomic mass is 16.6. The van der Waals surface area contributed by atoms with Crippen molar-refractivity contribution in [2.45, 2.75) is 53.1 Å². The number of carbonyl (C=O) groups excluding carboxylic acids is 1. The summed E-state index contributed by atoms with van der Waals surface area (Å²) >= 11 is 0. The molecule has 1 aromatic rings. The van der Waals surface area contributed by atoms with Crippen molar-refractivity contribution >= 4 is 5.97 Å². The van der Waals surface area contributed by atoms with E-state index in [0.717, 1.165) is 30.6 Å². The van der Waals surface area contributed by atoms with Gasteiger partial charge in [-0.3, -0.25) is 4.79 Å². The fourth-order valence-corrected chi connectivity index (χ4v) is 2.90. The van der Waals surface area contributed by atoms with Gasteiger partial charge in [0.25, 0.3) is 0 Å². The number of benzene rings is 1. The summed E-state index contributed by atoms with van der Waals surface area (Å²) in [4.78, 5) is 11.7. The first-order chi connectivity index (χ1) is 9.53. The van der Waals surface area contributed by atoms with Gasteiger partial charge in [-0.15, -0.1) is 0 Å². The number of hydrogen-bond acceptors (Lipinski definition) is 3. The van der Waals surface area contributed by atoms with Crippen LogP contribution in [0.5, 0.6) is 5.75 Å². The van der Waals surface area contributed by atoms with Crippen LogP contribution >= 0.6 is 0 Å². The lowest BCUT2D eigenvalue weighted by atomic mass is 9.72. The fourth-order valence-electron chi connectivity index (χ4n) is 2.90. The van der Waals surface area contributed by atoms with E-state index in [1.54, 1.807) is 0 Å². The molecule has 1 saturated heterocycles. The first-order valence-corrected chi connectivity index (χ1v) is 7.44. The van der Waals surface area contributed by atoms with Gasteiger partial charge in [0.05, 0.1) is 6.61 Å². The molecule has 0 N–H and O–H groups in total. The van der Waals surface area contributed by atoms with E-state index in [2.05, 4.69) is 39.0 Å². The number of carbonyl (C=O) groups is 1. The molecule has 0 amide bonds. The van der Waals surface area contributed by atoms with Gasteiger partial charge in [0, 0.05) is 6.42 Å². The zero-order valence-corrected chi connectivity index (χ0v) is 12.9. The van der Waals surface area contributed by atoms with Gasteiger partial charge >= 0.3 is 5.97 Å². The van der Waals surface area contributed by atoms with Crippen LogP contribution in [0.2, 0.25) is 0 Å². The Labute approximate surface area is 121 Å². The van der Waals surface area contributed by atoms with Gasteiger partial charge in [0.2, 0.25) is 0 Å². The van der Waals surface area contributed by atoms with Crippen LogP contribution in [0, 0.1) is 19.3 Å². The third-order valence-electron chi connectivity index (χ3n) is 4.52. The molecule has 2 rings (SSSR count). The monoisotopic (exact) mass is 276 g/mol. The molecular weight excluding hydrogens is 252 g/mol. The number of aryl methyl sites for hydroxylation is 2. The topological polar surface area (TPSA) is 35.5 Å². The van der Waals surface area contributed by atoms with E-state index in [1.165, 1.54) is 5.56 Å². The maximum absolute atomic E-state index is 11.7. The minimum absolute atomic E-state index is 0.00937. The molecule has 0 spiro atoms. The summed E-state index contributed by atoms with van der Waals surface area (Å²) in [7, 11) is 0.